The van der Waals surface area contributed by atoms with Gasteiger partial charge in [-0.2, -0.15) is 0 Å². The van der Waals surface area contributed by atoms with Gasteiger partial charge in [0.15, 0.2) is 0 Å². The molecule has 0 aliphatic rings. The number of phosphoric ester groups is 1. The number of phosphoric acid groups is 1. The monoisotopic (exact) mass is 528 g/mol. The van der Waals surface area contributed by atoms with Crippen molar-refractivity contribution in [3.05, 3.63) is 57.6 Å². The van der Waals surface area contributed by atoms with Crippen LogP contribution in [0, 0.1) is 0 Å². The van der Waals surface area contributed by atoms with E-state index in [1.807, 2.05) is 32.9 Å². The van der Waals surface area contributed by atoms with E-state index in [9.17, 15) is 19.5 Å². The second kappa shape index (κ2) is 10.8. The maximum atomic E-state index is 11.9. The topological polar surface area (TPSA) is 87.0 Å². The van der Waals surface area contributed by atoms with Crippen molar-refractivity contribution in [3.63, 3.8) is 0 Å². The van der Waals surface area contributed by atoms with Crippen molar-refractivity contribution in [2.45, 2.75) is 111 Å². The average molecular weight is 529 g/mol. The van der Waals surface area contributed by atoms with E-state index in [-0.39, 0.29) is 57.3 Å². The number of benzene rings is 2. The summed E-state index contributed by atoms with van der Waals surface area (Å²) in [5, 5.41) is 11.0. The molecule has 0 bridgehead atoms. The molecule has 0 saturated carbocycles. The summed E-state index contributed by atoms with van der Waals surface area (Å²) in [6.45, 7) is 25.3. The minimum atomic E-state index is -4.76. The molecule has 0 heterocycles. The number of aromatic hydroxyl groups is 1. The van der Waals surface area contributed by atoms with Crippen LogP contribution in [-0.4, -0.2) is 44.5 Å². The fraction of sp³-hybridized carbons (Fsp3) is 0.586. The Bertz CT molecular complexity index is 1140. The molecule has 2 aromatic carbocycles. The van der Waals surface area contributed by atoms with Gasteiger partial charge in [-0.3, -0.25) is 9.79 Å². The van der Waals surface area contributed by atoms with Gasteiger partial charge in [-0.25, -0.2) is 4.57 Å². The predicted octanol–water partition coefficient (Wildman–Crippen LogP) is 7.00. The van der Waals surface area contributed by atoms with Gasteiger partial charge >= 0.3 is 37.4 Å². The Morgan fingerprint density at radius 3 is 1.42 bits per heavy atom. The molecule has 0 fully saturated rings. The Kier molecular flexibility index (Phi) is 9.92. The van der Waals surface area contributed by atoms with Crippen LogP contribution in [0.3, 0.4) is 0 Å². The van der Waals surface area contributed by atoms with Crippen LogP contribution in [0.1, 0.15) is 116 Å². The summed E-state index contributed by atoms with van der Waals surface area (Å²) in [5.74, 6) is 0.460. The molecule has 0 saturated heterocycles. The summed E-state index contributed by atoms with van der Waals surface area (Å²) in [6, 6.07) is 7.39. The van der Waals surface area contributed by atoms with Gasteiger partial charge in [0.25, 0.3) is 0 Å². The van der Waals surface area contributed by atoms with Gasteiger partial charge in [0.2, 0.25) is 0 Å². The van der Waals surface area contributed by atoms with Crippen LogP contribution in [0.4, 0.5) is 0 Å². The Morgan fingerprint density at radius 2 is 1.06 bits per heavy atom. The Labute approximate surface area is 240 Å². The van der Waals surface area contributed by atoms with Crippen molar-refractivity contribution in [2.75, 3.05) is 0 Å². The zero-order valence-electron chi connectivity index (χ0n) is 23.6. The molecule has 0 spiro atoms. The zero-order valence-corrected chi connectivity index (χ0v) is 24.5. The summed E-state index contributed by atoms with van der Waals surface area (Å²) in [4.78, 5) is 19.3. The molecule has 0 radical (unpaired) electrons. The Balaban J connectivity index is 0.00000648. The minimum absolute atomic E-state index is 0. The van der Waals surface area contributed by atoms with Gasteiger partial charge in [-0.1, -0.05) is 95.2 Å². The number of rotatable bonds is 4. The van der Waals surface area contributed by atoms with Gasteiger partial charge in [-0.05, 0) is 62.5 Å². The predicted molar refractivity (Wildman–Crippen MR) is 152 cm³/mol. The number of phenols is 1. The van der Waals surface area contributed by atoms with Crippen LogP contribution >= 0.6 is 7.82 Å². The first-order chi connectivity index (χ1) is 15.4. The van der Waals surface area contributed by atoms with Gasteiger partial charge in [0.05, 0.1) is 0 Å². The fourth-order valence-corrected chi connectivity index (χ4v) is 5.48. The first kappa shape index (κ1) is 33.2. The summed E-state index contributed by atoms with van der Waals surface area (Å²) in [5.41, 5.74) is 4.76. The molecule has 198 valence electrons. The molecule has 7 heteroatoms. The number of phenolic OH excluding ortho intramolecular Hbond substituents is 1. The van der Waals surface area contributed by atoms with Crippen LogP contribution < -0.4 is 4.52 Å². The molecule has 36 heavy (non-hydrogen) atoms. The molecule has 2 rings (SSSR count). The second-order valence-electron chi connectivity index (χ2n) is 13.7. The zero-order chi connectivity index (χ0) is 27.4. The second-order valence-corrected chi connectivity index (χ2v) is 14.9. The van der Waals surface area contributed by atoms with Gasteiger partial charge in [0, 0.05) is 11.1 Å². The van der Waals surface area contributed by atoms with Crippen molar-refractivity contribution in [2.24, 2.45) is 0 Å². The fourth-order valence-electron chi connectivity index (χ4n) is 5.07. The van der Waals surface area contributed by atoms with E-state index in [2.05, 4.69) is 62.3 Å². The first-order valence-corrected chi connectivity index (χ1v) is 13.8. The van der Waals surface area contributed by atoms with E-state index in [4.69, 9.17) is 4.52 Å². The molecular weight excluding hydrogens is 482 g/mol. The Hall–Kier alpha value is -0.810. The van der Waals surface area contributed by atoms with Crippen LogP contribution in [0.5, 0.6) is 11.5 Å². The maximum absolute atomic E-state index is 11.9. The summed E-state index contributed by atoms with van der Waals surface area (Å²) < 4.78 is 17.1. The number of hydrogen-bond acceptors (Lipinski definition) is 3. The molecule has 5 nitrogen and oxygen atoms in total. The molecule has 0 aliphatic carbocycles. The third kappa shape index (κ3) is 7.85. The van der Waals surface area contributed by atoms with Crippen LogP contribution in [-0.2, 0) is 32.6 Å². The van der Waals surface area contributed by atoms with Gasteiger partial charge in [0.1, 0.15) is 11.5 Å². The van der Waals surface area contributed by atoms with Crippen LogP contribution in [0.2, 0.25) is 0 Å². The summed E-state index contributed by atoms with van der Waals surface area (Å²) in [6.07, 6.45) is 0.505. The summed E-state index contributed by atoms with van der Waals surface area (Å²) in [7, 11) is -4.76. The van der Waals surface area contributed by atoms with Crippen molar-refractivity contribution in [1.29, 1.82) is 0 Å². The van der Waals surface area contributed by atoms with Gasteiger partial charge in [-0.15, -0.1) is 0 Å². The molecule has 0 aliphatic heterocycles. The first-order valence-electron chi connectivity index (χ1n) is 12.2. The van der Waals surface area contributed by atoms with Crippen molar-refractivity contribution >= 4 is 37.4 Å². The normalized spacial score (nSPS) is 13.4. The third-order valence-electron chi connectivity index (χ3n) is 6.25. The standard InChI is InChI=1S/C29H45O5P.Na.H/c1-26(2,3)20-13-15-22(30)24(28(7,8)9)18(20)17-19-21(27(4,5)6)14-16-23(34-35(31,32)33)25(19)29(10,11)12;;/h13-16,30H,17H2,1-12H3,(H2,31,32,33);;. The van der Waals surface area contributed by atoms with E-state index in [1.54, 1.807) is 12.1 Å². The van der Waals surface area contributed by atoms with Crippen molar-refractivity contribution in [1.82, 2.24) is 0 Å². The van der Waals surface area contributed by atoms with Crippen molar-refractivity contribution in [3.8, 4) is 11.5 Å². The van der Waals surface area contributed by atoms with E-state index in [0.29, 0.717) is 6.42 Å². The van der Waals surface area contributed by atoms with E-state index < -0.39 is 13.2 Å². The summed E-state index contributed by atoms with van der Waals surface area (Å²) >= 11 is 0. The molecule has 0 atom stereocenters. The molecule has 3 N–H and O–H groups in total. The van der Waals surface area contributed by atoms with Crippen molar-refractivity contribution < 1.29 is 24.0 Å². The molecule has 0 aromatic heterocycles. The molecular formula is C29H46NaO5P. The van der Waals surface area contributed by atoms with Crippen LogP contribution in [0.25, 0.3) is 0 Å². The number of hydrogen-bond donors (Lipinski definition) is 3. The Morgan fingerprint density at radius 1 is 0.667 bits per heavy atom. The molecule has 0 unspecified atom stereocenters. The molecule has 0 amide bonds. The van der Waals surface area contributed by atoms with E-state index >= 15 is 0 Å². The van der Waals surface area contributed by atoms with E-state index in [1.165, 1.54) is 0 Å². The third-order valence-corrected chi connectivity index (χ3v) is 6.69. The van der Waals surface area contributed by atoms with Crippen LogP contribution in [0.15, 0.2) is 24.3 Å². The van der Waals surface area contributed by atoms with E-state index in [0.717, 1.165) is 33.4 Å². The van der Waals surface area contributed by atoms with Gasteiger partial charge < -0.3 is 9.63 Å². The quantitative estimate of drug-likeness (QED) is 0.294. The average Bonchev–Trinajstić information content (AvgIpc) is 2.55. The molecule has 2 aromatic rings. The SMILES string of the molecule is CC(C)(C)c1ccc(O)c(C(C)(C)C)c1Cc1c(C(C)(C)C)ccc(OP(=O)(O)O)c1C(C)(C)C.[NaH].